The van der Waals surface area contributed by atoms with Crippen LogP contribution in [-0.4, -0.2) is 17.0 Å². The Morgan fingerprint density at radius 1 is 1.40 bits per heavy atom. The first-order valence-electron chi connectivity index (χ1n) is 4.47. The fraction of sp³-hybridized carbons (Fsp3) is 0.333. The number of hydrogen-bond acceptors (Lipinski definition) is 4. The largest absolute Gasteiger partial charge is 0.478 e. The van der Waals surface area contributed by atoms with Gasteiger partial charge in [-0.25, -0.2) is 4.79 Å². The van der Waals surface area contributed by atoms with E-state index < -0.39 is 11.9 Å². The summed E-state index contributed by atoms with van der Waals surface area (Å²) in [6, 6.07) is 0. The molecule has 0 atom stereocenters. The van der Waals surface area contributed by atoms with Crippen LogP contribution in [0.15, 0.2) is 0 Å². The Kier molecular flexibility index (Phi) is 2.15. The van der Waals surface area contributed by atoms with Gasteiger partial charge in [-0.3, -0.25) is 4.79 Å². The number of thiophene rings is 1. The van der Waals surface area contributed by atoms with E-state index in [-0.39, 0.29) is 16.5 Å². The highest BCUT2D eigenvalue weighted by Crippen LogP contribution is 2.47. The van der Waals surface area contributed by atoms with Gasteiger partial charge in [0.25, 0.3) is 5.91 Å². The molecule has 1 heterocycles. The van der Waals surface area contributed by atoms with Gasteiger partial charge in [0.1, 0.15) is 5.00 Å². The lowest BCUT2D eigenvalue weighted by atomic mass is 10.1. The monoisotopic (exact) mass is 226 g/mol. The van der Waals surface area contributed by atoms with Crippen molar-refractivity contribution in [1.82, 2.24) is 0 Å². The Balaban J connectivity index is 2.62. The topological polar surface area (TPSA) is 106 Å². The lowest BCUT2D eigenvalue weighted by Crippen LogP contribution is -2.12. The fourth-order valence-electron chi connectivity index (χ4n) is 1.63. The molecular formula is C9H10N2O3S. The number of amides is 1. The van der Waals surface area contributed by atoms with Crippen molar-refractivity contribution in [2.45, 2.75) is 18.8 Å². The van der Waals surface area contributed by atoms with Gasteiger partial charge in [0.05, 0.1) is 10.4 Å². The van der Waals surface area contributed by atoms with E-state index in [0.29, 0.717) is 10.4 Å². The fourth-order valence-corrected chi connectivity index (χ4v) is 2.63. The van der Waals surface area contributed by atoms with E-state index in [2.05, 4.69) is 0 Å². The molecule has 1 aliphatic rings. The number of carboxylic acids is 1. The molecule has 80 valence electrons. The minimum Gasteiger partial charge on any atom is -0.478 e. The predicted molar refractivity (Wildman–Crippen MR) is 56.2 cm³/mol. The number of nitrogens with two attached hydrogens (primary N) is 2. The summed E-state index contributed by atoms with van der Waals surface area (Å²) < 4.78 is 0. The van der Waals surface area contributed by atoms with Gasteiger partial charge in [0, 0.05) is 0 Å². The molecular weight excluding hydrogens is 216 g/mol. The Labute approximate surface area is 89.7 Å². The summed E-state index contributed by atoms with van der Waals surface area (Å²) in [7, 11) is 0. The molecule has 6 heteroatoms. The van der Waals surface area contributed by atoms with Crippen molar-refractivity contribution < 1.29 is 14.7 Å². The van der Waals surface area contributed by atoms with Gasteiger partial charge in [-0.2, -0.15) is 0 Å². The van der Waals surface area contributed by atoms with E-state index in [9.17, 15) is 9.59 Å². The first-order valence-corrected chi connectivity index (χ1v) is 5.29. The highest BCUT2D eigenvalue weighted by molar-refractivity contribution is 7.18. The Morgan fingerprint density at radius 2 is 2.00 bits per heavy atom. The van der Waals surface area contributed by atoms with Gasteiger partial charge < -0.3 is 16.6 Å². The van der Waals surface area contributed by atoms with Crippen LogP contribution in [-0.2, 0) is 0 Å². The highest BCUT2D eigenvalue weighted by atomic mass is 32.1. The molecule has 1 aliphatic carbocycles. The molecule has 0 saturated heterocycles. The molecule has 1 amide bonds. The molecule has 0 bridgehead atoms. The van der Waals surface area contributed by atoms with Crippen LogP contribution in [0.1, 0.15) is 44.4 Å². The summed E-state index contributed by atoms with van der Waals surface area (Å²) in [5.74, 6) is -1.54. The van der Waals surface area contributed by atoms with Crippen LogP contribution >= 0.6 is 11.3 Å². The first-order chi connectivity index (χ1) is 7.02. The summed E-state index contributed by atoms with van der Waals surface area (Å²) in [4.78, 5) is 22.4. The smallest absolute Gasteiger partial charge is 0.339 e. The minimum atomic E-state index is -1.09. The second-order valence-corrected chi connectivity index (χ2v) is 4.58. The van der Waals surface area contributed by atoms with E-state index in [4.69, 9.17) is 16.6 Å². The zero-order valence-corrected chi connectivity index (χ0v) is 8.63. The summed E-state index contributed by atoms with van der Waals surface area (Å²) in [6.07, 6.45) is 1.80. The molecule has 15 heavy (non-hydrogen) atoms. The molecule has 0 radical (unpaired) electrons. The molecule has 0 spiro atoms. The van der Waals surface area contributed by atoms with Crippen LogP contribution in [0.4, 0.5) is 5.00 Å². The number of nitrogen functional groups attached to an aromatic ring is 1. The van der Waals surface area contributed by atoms with Crippen molar-refractivity contribution in [2.24, 2.45) is 5.73 Å². The van der Waals surface area contributed by atoms with E-state index in [1.807, 2.05) is 0 Å². The van der Waals surface area contributed by atoms with Crippen molar-refractivity contribution in [1.29, 1.82) is 0 Å². The first kappa shape index (κ1) is 9.97. The number of primary amides is 1. The van der Waals surface area contributed by atoms with Gasteiger partial charge in [-0.05, 0) is 24.3 Å². The van der Waals surface area contributed by atoms with Crippen LogP contribution in [0.25, 0.3) is 0 Å². The number of aromatic carboxylic acids is 1. The number of hydrogen-bond donors (Lipinski definition) is 3. The van der Waals surface area contributed by atoms with Crippen LogP contribution < -0.4 is 11.5 Å². The molecule has 1 saturated carbocycles. The van der Waals surface area contributed by atoms with Crippen molar-refractivity contribution in [2.75, 3.05) is 5.73 Å². The molecule has 2 rings (SSSR count). The average Bonchev–Trinajstić information content (AvgIpc) is 2.88. The maximum absolute atomic E-state index is 11.1. The molecule has 0 aromatic carbocycles. The molecule has 5 N–H and O–H groups in total. The average molecular weight is 226 g/mol. The van der Waals surface area contributed by atoms with Crippen molar-refractivity contribution in [3.63, 3.8) is 0 Å². The number of carbonyl (C=O) groups is 2. The summed E-state index contributed by atoms with van der Waals surface area (Å²) >= 11 is 0.968. The SMILES string of the molecule is NC(=O)c1sc(N)c(C(=O)O)c1C1CC1. The normalized spacial score (nSPS) is 15.2. The van der Waals surface area contributed by atoms with E-state index in [0.717, 1.165) is 24.2 Å². The maximum Gasteiger partial charge on any atom is 0.339 e. The lowest BCUT2D eigenvalue weighted by molar-refractivity contribution is 0.0697. The van der Waals surface area contributed by atoms with Crippen LogP contribution in [0, 0.1) is 0 Å². The van der Waals surface area contributed by atoms with E-state index in [1.165, 1.54) is 0 Å². The molecule has 1 aromatic rings. The van der Waals surface area contributed by atoms with Gasteiger partial charge in [-0.15, -0.1) is 11.3 Å². The second kappa shape index (κ2) is 3.23. The molecule has 1 fully saturated rings. The van der Waals surface area contributed by atoms with Gasteiger partial charge in [-0.1, -0.05) is 0 Å². The second-order valence-electron chi connectivity index (χ2n) is 3.53. The molecule has 0 aliphatic heterocycles. The van der Waals surface area contributed by atoms with Crippen LogP contribution in [0.3, 0.4) is 0 Å². The standard InChI is InChI=1S/C9H10N2O3S/c10-7(12)6-4(3-1-2-3)5(9(13)14)8(11)15-6/h3H,1-2,11H2,(H2,10,12)(H,13,14). The van der Waals surface area contributed by atoms with E-state index in [1.54, 1.807) is 0 Å². The maximum atomic E-state index is 11.1. The van der Waals surface area contributed by atoms with Crippen molar-refractivity contribution in [3.05, 3.63) is 16.0 Å². The van der Waals surface area contributed by atoms with Crippen LogP contribution in [0.2, 0.25) is 0 Å². The quantitative estimate of drug-likeness (QED) is 0.714. The van der Waals surface area contributed by atoms with E-state index >= 15 is 0 Å². The van der Waals surface area contributed by atoms with Crippen LogP contribution in [0.5, 0.6) is 0 Å². The van der Waals surface area contributed by atoms with Crippen molar-refractivity contribution in [3.8, 4) is 0 Å². The third kappa shape index (κ3) is 1.56. The summed E-state index contributed by atoms with van der Waals surface area (Å²) in [6.45, 7) is 0. The number of carbonyl (C=O) groups excluding carboxylic acids is 1. The Hall–Kier alpha value is -1.56. The summed E-state index contributed by atoms with van der Waals surface area (Å²) in [5, 5.41) is 9.16. The molecule has 0 unspecified atom stereocenters. The minimum absolute atomic E-state index is 0.0660. The molecule has 1 aromatic heterocycles. The number of anilines is 1. The van der Waals surface area contributed by atoms with Crippen molar-refractivity contribution >= 4 is 28.2 Å². The highest BCUT2D eigenvalue weighted by Gasteiger charge is 2.35. The van der Waals surface area contributed by atoms with Gasteiger partial charge in [0.15, 0.2) is 0 Å². The summed E-state index contributed by atoms with van der Waals surface area (Å²) in [5.41, 5.74) is 11.4. The lowest BCUT2D eigenvalue weighted by Gasteiger charge is -2.00. The Morgan fingerprint density at radius 3 is 2.40 bits per heavy atom. The third-order valence-electron chi connectivity index (χ3n) is 2.40. The van der Waals surface area contributed by atoms with Gasteiger partial charge >= 0.3 is 5.97 Å². The van der Waals surface area contributed by atoms with Gasteiger partial charge in [0.2, 0.25) is 0 Å². The zero-order valence-electron chi connectivity index (χ0n) is 7.82. The predicted octanol–water partition coefficient (Wildman–Crippen LogP) is 1.00. The number of rotatable bonds is 3. The third-order valence-corrected chi connectivity index (χ3v) is 3.44. The molecule has 5 nitrogen and oxygen atoms in total. The Bertz CT molecular complexity index is 448. The number of carboxylic acid groups (broad SMARTS) is 1. The zero-order chi connectivity index (χ0) is 11.2.